The number of hydrogen-bond donors (Lipinski definition) is 2. The van der Waals surface area contributed by atoms with Crippen LogP contribution in [-0.2, 0) is 10.1 Å². The van der Waals surface area contributed by atoms with Gasteiger partial charge in [0.05, 0.1) is 5.75 Å². The quantitative estimate of drug-likeness (QED) is 0.544. The van der Waals surface area contributed by atoms with Crippen molar-refractivity contribution in [2.45, 2.75) is 27.2 Å². The second-order valence-electron chi connectivity index (χ2n) is 4.29. The minimum absolute atomic E-state index is 0.121. The summed E-state index contributed by atoms with van der Waals surface area (Å²) in [5, 5.41) is 2.96. The fourth-order valence-corrected chi connectivity index (χ4v) is 1.26. The lowest BCUT2D eigenvalue weighted by Crippen LogP contribution is -2.14. The van der Waals surface area contributed by atoms with E-state index in [-0.39, 0.29) is 11.2 Å². The highest BCUT2D eigenvalue weighted by Gasteiger charge is 2.03. The van der Waals surface area contributed by atoms with Crippen LogP contribution in [0.15, 0.2) is 12.3 Å². The highest BCUT2D eigenvalue weighted by molar-refractivity contribution is 7.85. The van der Waals surface area contributed by atoms with Gasteiger partial charge in [-0.1, -0.05) is 26.8 Å². The molecule has 0 saturated heterocycles. The largest absolute Gasteiger partial charge is 0.391 e. The predicted octanol–water partition coefficient (Wildman–Crippen LogP) is 1.41. The van der Waals surface area contributed by atoms with E-state index in [9.17, 15) is 8.42 Å². The van der Waals surface area contributed by atoms with E-state index in [0.29, 0.717) is 13.0 Å². The molecule has 14 heavy (non-hydrogen) atoms. The zero-order chi connectivity index (χ0) is 11.2. The summed E-state index contributed by atoms with van der Waals surface area (Å²) in [7, 11) is -3.80. The maximum atomic E-state index is 10.3. The second-order valence-corrected chi connectivity index (χ2v) is 5.87. The number of nitrogens with one attached hydrogen (secondary N) is 1. The van der Waals surface area contributed by atoms with Crippen LogP contribution in [0.25, 0.3) is 0 Å². The zero-order valence-corrected chi connectivity index (χ0v) is 9.76. The van der Waals surface area contributed by atoms with Gasteiger partial charge in [-0.2, -0.15) is 8.42 Å². The van der Waals surface area contributed by atoms with E-state index in [1.165, 1.54) is 0 Å². The van der Waals surface area contributed by atoms with E-state index in [1.807, 2.05) is 12.3 Å². The summed E-state index contributed by atoms with van der Waals surface area (Å²) in [4.78, 5) is 0. The van der Waals surface area contributed by atoms with Gasteiger partial charge in [0.1, 0.15) is 0 Å². The lowest BCUT2D eigenvalue weighted by atomic mass is 9.97. The molecule has 84 valence electrons. The highest BCUT2D eigenvalue weighted by atomic mass is 32.2. The van der Waals surface area contributed by atoms with Gasteiger partial charge in [-0.3, -0.25) is 4.55 Å². The van der Waals surface area contributed by atoms with Crippen LogP contribution in [-0.4, -0.2) is 25.3 Å². The Bertz CT molecular complexity index is 275. The van der Waals surface area contributed by atoms with Crippen LogP contribution in [0, 0.1) is 5.41 Å². The molecule has 0 rings (SSSR count). The smallest absolute Gasteiger partial charge is 0.264 e. The standard InChI is InChI=1S/C9H19NO3S/c1-9(2,3)5-7-10-6-4-8-14(11,12)13/h5,7,10H,4,6,8H2,1-3H3,(H,11,12,13). The Kier molecular flexibility index (Phi) is 5.15. The third-order valence-corrected chi connectivity index (χ3v) is 2.23. The van der Waals surface area contributed by atoms with Crippen LogP contribution < -0.4 is 5.32 Å². The van der Waals surface area contributed by atoms with Crippen molar-refractivity contribution in [2.24, 2.45) is 5.41 Å². The van der Waals surface area contributed by atoms with Crippen molar-refractivity contribution in [2.75, 3.05) is 12.3 Å². The van der Waals surface area contributed by atoms with E-state index in [2.05, 4.69) is 26.1 Å². The first kappa shape index (κ1) is 13.4. The van der Waals surface area contributed by atoms with Crippen LogP contribution in [0.4, 0.5) is 0 Å². The van der Waals surface area contributed by atoms with Gasteiger partial charge >= 0.3 is 0 Å². The predicted molar refractivity (Wildman–Crippen MR) is 57.6 cm³/mol. The van der Waals surface area contributed by atoms with E-state index in [1.54, 1.807) is 0 Å². The molecule has 0 aliphatic carbocycles. The van der Waals surface area contributed by atoms with Crippen molar-refractivity contribution in [3.63, 3.8) is 0 Å². The molecular weight excluding hydrogens is 202 g/mol. The number of hydrogen-bond acceptors (Lipinski definition) is 3. The molecule has 0 aromatic heterocycles. The van der Waals surface area contributed by atoms with Crippen LogP contribution in [0.1, 0.15) is 27.2 Å². The molecule has 4 nitrogen and oxygen atoms in total. The van der Waals surface area contributed by atoms with Gasteiger partial charge in [0, 0.05) is 6.54 Å². The molecule has 0 radical (unpaired) electrons. The van der Waals surface area contributed by atoms with E-state index >= 15 is 0 Å². The molecule has 0 aliphatic heterocycles. The normalized spacial score (nSPS) is 13.4. The summed E-state index contributed by atoms with van der Waals surface area (Å²) in [5.74, 6) is -0.191. The molecule has 0 spiro atoms. The van der Waals surface area contributed by atoms with Gasteiger partial charge in [-0.05, 0) is 18.0 Å². The number of allylic oxidation sites excluding steroid dienone is 1. The monoisotopic (exact) mass is 221 g/mol. The van der Waals surface area contributed by atoms with Crippen LogP contribution in [0.5, 0.6) is 0 Å². The first-order valence-corrected chi connectivity index (χ1v) is 6.18. The topological polar surface area (TPSA) is 66.4 Å². The first-order valence-electron chi connectivity index (χ1n) is 4.57. The molecule has 2 N–H and O–H groups in total. The fraction of sp³-hybridized carbons (Fsp3) is 0.778. The Morgan fingerprint density at radius 3 is 2.36 bits per heavy atom. The van der Waals surface area contributed by atoms with Crippen LogP contribution in [0.2, 0.25) is 0 Å². The Balaban J connectivity index is 3.54. The maximum Gasteiger partial charge on any atom is 0.264 e. The van der Waals surface area contributed by atoms with Crippen LogP contribution >= 0.6 is 0 Å². The molecule has 0 fully saturated rings. The average Bonchev–Trinajstić information content (AvgIpc) is 1.92. The van der Waals surface area contributed by atoms with Crippen molar-refractivity contribution in [1.29, 1.82) is 0 Å². The van der Waals surface area contributed by atoms with E-state index < -0.39 is 10.1 Å². The molecule has 0 atom stereocenters. The second kappa shape index (κ2) is 5.36. The maximum absolute atomic E-state index is 10.3. The minimum atomic E-state index is -3.80. The molecule has 0 aliphatic rings. The molecule has 0 amide bonds. The summed E-state index contributed by atoms with van der Waals surface area (Å²) in [6.07, 6.45) is 4.22. The minimum Gasteiger partial charge on any atom is -0.391 e. The van der Waals surface area contributed by atoms with Gasteiger partial charge in [0.2, 0.25) is 0 Å². The summed E-state index contributed by atoms with van der Waals surface area (Å²) in [6.45, 7) is 6.77. The lowest BCUT2D eigenvalue weighted by Gasteiger charge is -2.11. The van der Waals surface area contributed by atoms with Crippen molar-refractivity contribution < 1.29 is 13.0 Å². The van der Waals surface area contributed by atoms with Crippen molar-refractivity contribution in [3.05, 3.63) is 12.3 Å². The van der Waals surface area contributed by atoms with Crippen molar-refractivity contribution in [1.82, 2.24) is 5.32 Å². The molecule has 5 heteroatoms. The first-order chi connectivity index (χ1) is 6.21. The van der Waals surface area contributed by atoms with Gasteiger partial charge in [-0.15, -0.1) is 0 Å². The molecular formula is C9H19NO3S. The third-order valence-electron chi connectivity index (χ3n) is 1.42. The molecule has 0 unspecified atom stereocenters. The fourth-order valence-electron chi connectivity index (χ4n) is 0.749. The Labute approximate surface area is 86.1 Å². The molecule has 0 heterocycles. The van der Waals surface area contributed by atoms with Gasteiger partial charge in [0.25, 0.3) is 10.1 Å². The summed E-state index contributed by atoms with van der Waals surface area (Å²) >= 11 is 0. The molecule has 0 aromatic carbocycles. The Morgan fingerprint density at radius 1 is 1.36 bits per heavy atom. The molecule has 0 bridgehead atoms. The SMILES string of the molecule is CC(C)(C)C=CNCCCS(=O)(=O)O. The van der Waals surface area contributed by atoms with E-state index in [4.69, 9.17) is 4.55 Å². The zero-order valence-electron chi connectivity index (χ0n) is 8.95. The third kappa shape index (κ3) is 11.4. The van der Waals surface area contributed by atoms with Crippen LogP contribution in [0.3, 0.4) is 0 Å². The Morgan fingerprint density at radius 2 is 1.93 bits per heavy atom. The molecule has 0 saturated carbocycles. The summed E-state index contributed by atoms with van der Waals surface area (Å²) < 4.78 is 29.1. The number of rotatable bonds is 5. The average molecular weight is 221 g/mol. The Hall–Kier alpha value is -0.550. The summed E-state index contributed by atoms with van der Waals surface area (Å²) in [6, 6.07) is 0. The molecule has 0 aromatic rings. The van der Waals surface area contributed by atoms with Crippen molar-refractivity contribution in [3.8, 4) is 0 Å². The summed E-state index contributed by atoms with van der Waals surface area (Å²) in [5.41, 5.74) is 0.121. The van der Waals surface area contributed by atoms with Gasteiger partial charge < -0.3 is 5.32 Å². The van der Waals surface area contributed by atoms with E-state index in [0.717, 1.165) is 0 Å². The van der Waals surface area contributed by atoms with Gasteiger partial charge in [-0.25, -0.2) is 0 Å². The van der Waals surface area contributed by atoms with Gasteiger partial charge in [0.15, 0.2) is 0 Å². The van der Waals surface area contributed by atoms with Crippen molar-refractivity contribution >= 4 is 10.1 Å². The highest BCUT2D eigenvalue weighted by Crippen LogP contribution is 2.13. The lowest BCUT2D eigenvalue weighted by molar-refractivity contribution is 0.480.